The van der Waals surface area contributed by atoms with E-state index in [1.165, 1.54) is 24.3 Å². The number of hydrogen-bond acceptors (Lipinski definition) is 4. The van der Waals surface area contributed by atoms with Crippen molar-refractivity contribution >= 4 is 11.8 Å². The van der Waals surface area contributed by atoms with Gasteiger partial charge in [0.1, 0.15) is 11.9 Å². The highest BCUT2D eigenvalue weighted by Gasteiger charge is 2.27. The second-order valence-corrected chi connectivity index (χ2v) is 7.01. The Morgan fingerprint density at radius 1 is 1.00 bits per heavy atom. The maximum Gasteiger partial charge on any atom is 0.254 e. The molecule has 1 aliphatic rings. The van der Waals surface area contributed by atoms with Crippen LogP contribution in [0.4, 0.5) is 4.39 Å². The van der Waals surface area contributed by atoms with Crippen molar-refractivity contribution in [3.8, 4) is 11.3 Å². The smallest absolute Gasteiger partial charge is 0.254 e. The van der Waals surface area contributed by atoms with Crippen molar-refractivity contribution in [1.29, 1.82) is 0 Å². The number of aromatic nitrogens is 1. The SMILES string of the molecule is NC(=O)c1ccc(-c2cccc([C@@H]3CN(C(=O)c4ccc(F)cc4)CCO3)n2)cc1. The molecule has 2 N–H and O–H groups in total. The lowest BCUT2D eigenvalue weighted by Crippen LogP contribution is -2.42. The van der Waals surface area contributed by atoms with Crippen molar-refractivity contribution in [3.63, 3.8) is 0 Å². The average molecular weight is 405 g/mol. The predicted octanol–water partition coefficient (Wildman–Crippen LogP) is 3.20. The van der Waals surface area contributed by atoms with Crippen LogP contribution in [-0.2, 0) is 4.74 Å². The van der Waals surface area contributed by atoms with Gasteiger partial charge in [0.05, 0.1) is 24.5 Å². The molecule has 1 fully saturated rings. The standard InChI is InChI=1S/C23H20FN3O3/c24-18-10-8-17(9-11-18)23(29)27-12-13-30-21(14-27)20-3-1-2-19(26-20)15-4-6-16(7-5-15)22(25)28/h1-11,21H,12-14H2,(H2,25,28)/t21-/m0/s1. The lowest BCUT2D eigenvalue weighted by atomic mass is 10.1. The summed E-state index contributed by atoms with van der Waals surface area (Å²) >= 11 is 0. The molecule has 2 heterocycles. The number of nitrogens with zero attached hydrogens (tertiary/aromatic N) is 2. The van der Waals surface area contributed by atoms with E-state index < -0.39 is 5.91 Å². The number of amides is 2. The zero-order valence-corrected chi connectivity index (χ0v) is 16.1. The van der Waals surface area contributed by atoms with Gasteiger partial charge in [0.2, 0.25) is 5.91 Å². The van der Waals surface area contributed by atoms with Crippen molar-refractivity contribution in [2.45, 2.75) is 6.10 Å². The van der Waals surface area contributed by atoms with Gasteiger partial charge in [-0.15, -0.1) is 0 Å². The van der Waals surface area contributed by atoms with Gasteiger partial charge >= 0.3 is 0 Å². The lowest BCUT2D eigenvalue weighted by Gasteiger charge is -2.33. The van der Waals surface area contributed by atoms with Crippen LogP contribution in [0.1, 0.15) is 32.5 Å². The van der Waals surface area contributed by atoms with Crippen LogP contribution >= 0.6 is 0 Å². The van der Waals surface area contributed by atoms with Crippen LogP contribution in [-0.4, -0.2) is 41.4 Å². The topological polar surface area (TPSA) is 85.5 Å². The number of pyridine rings is 1. The average Bonchev–Trinajstić information content (AvgIpc) is 2.79. The fourth-order valence-corrected chi connectivity index (χ4v) is 3.38. The fourth-order valence-electron chi connectivity index (χ4n) is 3.38. The number of hydrogen-bond donors (Lipinski definition) is 1. The number of morpholine rings is 1. The van der Waals surface area contributed by atoms with Gasteiger partial charge in [-0.2, -0.15) is 0 Å². The summed E-state index contributed by atoms with van der Waals surface area (Å²) in [6.07, 6.45) is -0.368. The van der Waals surface area contributed by atoms with E-state index in [1.807, 2.05) is 18.2 Å². The molecule has 1 saturated heterocycles. The van der Waals surface area contributed by atoms with Gasteiger partial charge in [0.25, 0.3) is 5.91 Å². The molecule has 4 rings (SSSR count). The normalized spacial score (nSPS) is 16.3. The second kappa shape index (κ2) is 8.42. The lowest BCUT2D eigenvalue weighted by molar-refractivity contribution is -0.0246. The van der Waals surface area contributed by atoms with E-state index in [0.29, 0.717) is 36.5 Å². The summed E-state index contributed by atoms with van der Waals surface area (Å²) in [7, 11) is 0. The molecule has 2 amide bonds. The van der Waals surface area contributed by atoms with E-state index in [4.69, 9.17) is 15.5 Å². The number of carbonyl (C=O) groups excluding carboxylic acids is 2. The molecule has 152 valence electrons. The minimum absolute atomic E-state index is 0.165. The summed E-state index contributed by atoms with van der Waals surface area (Å²) in [6.45, 7) is 1.20. The molecule has 6 nitrogen and oxygen atoms in total. The maximum atomic E-state index is 13.1. The molecular formula is C23H20FN3O3. The molecule has 2 aromatic carbocycles. The van der Waals surface area contributed by atoms with E-state index in [1.54, 1.807) is 29.2 Å². The number of benzene rings is 2. The van der Waals surface area contributed by atoms with Crippen LogP contribution in [0.3, 0.4) is 0 Å². The minimum Gasteiger partial charge on any atom is -0.368 e. The van der Waals surface area contributed by atoms with E-state index in [-0.39, 0.29) is 17.8 Å². The van der Waals surface area contributed by atoms with Gasteiger partial charge in [-0.25, -0.2) is 9.37 Å². The summed E-state index contributed by atoms with van der Waals surface area (Å²) in [5.41, 5.74) is 8.44. The van der Waals surface area contributed by atoms with Gasteiger partial charge < -0.3 is 15.4 Å². The van der Waals surface area contributed by atoms with Crippen LogP contribution in [0.2, 0.25) is 0 Å². The van der Waals surface area contributed by atoms with Gasteiger partial charge in [0.15, 0.2) is 0 Å². The van der Waals surface area contributed by atoms with Gasteiger partial charge in [-0.1, -0.05) is 18.2 Å². The summed E-state index contributed by atoms with van der Waals surface area (Å²) in [4.78, 5) is 30.4. The largest absolute Gasteiger partial charge is 0.368 e. The summed E-state index contributed by atoms with van der Waals surface area (Å²) in [5, 5.41) is 0. The molecule has 3 aromatic rings. The quantitative estimate of drug-likeness (QED) is 0.722. The van der Waals surface area contributed by atoms with Crippen molar-refractivity contribution in [2.24, 2.45) is 5.73 Å². The van der Waals surface area contributed by atoms with E-state index in [2.05, 4.69) is 0 Å². The Balaban J connectivity index is 1.52. The van der Waals surface area contributed by atoms with E-state index in [0.717, 1.165) is 11.3 Å². The number of primary amides is 1. The zero-order valence-electron chi connectivity index (χ0n) is 16.1. The highest BCUT2D eigenvalue weighted by Crippen LogP contribution is 2.25. The van der Waals surface area contributed by atoms with Crippen LogP contribution < -0.4 is 5.73 Å². The molecule has 7 heteroatoms. The van der Waals surface area contributed by atoms with Gasteiger partial charge in [0, 0.05) is 23.2 Å². The minimum atomic E-state index is -0.482. The van der Waals surface area contributed by atoms with Gasteiger partial charge in [-0.05, 0) is 48.5 Å². The van der Waals surface area contributed by atoms with Crippen molar-refractivity contribution in [2.75, 3.05) is 19.7 Å². The Bertz CT molecular complexity index is 1070. The first-order valence-electron chi connectivity index (χ1n) is 9.55. The molecule has 0 aliphatic carbocycles. The third-order valence-electron chi connectivity index (χ3n) is 5.01. The first-order chi connectivity index (χ1) is 14.5. The van der Waals surface area contributed by atoms with Crippen LogP contribution in [0.25, 0.3) is 11.3 Å². The molecule has 0 bridgehead atoms. The van der Waals surface area contributed by atoms with Crippen molar-refractivity contribution in [3.05, 3.63) is 89.4 Å². The molecule has 0 saturated carbocycles. The summed E-state index contributed by atoms with van der Waals surface area (Å²) in [5.74, 6) is -1.03. The first kappa shape index (κ1) is 19.7. The molecule has 0 radical (unpaired) electrons. The predicted molar refractivity (Wildman–Crippen MR) is 109 cm³/mol. The van der Waals surface area contributed by atoms with Crippen LogP contribution in [0, 0.1) is 5.82 Å². The molecule has 30 heavy (non-hydrogen) atoms. The molecule has 1 aromatic heterocycles. The molecule has 0 spiro atoms. The second-order valence-electron chi connectivity index (χ2n) is 7.01. The van der Waals surface area contributed by atoms with E-state index >= 15 is 0 Å². The Hall–Kier alpha value is -3.58. The Morgan fingerprint density at radius 2 is 1.70 bits per heavy atom. The number of rotatable bonds is 4. The zero-order chi connectivity index (χ0) is 21.1. The molecular weight excluding hydrogens is 385 g/mol. The maximum absolute atomic E-state index is 13.1. The van der Waals surface area contributed by atoms with Crippen molar-refractivity contribution < 1.29 is 18.7 Å². The Morgan fingerprint density at radius 3 is 2.40 bits per heavy atom. The Kier molecular flexibility index (Phi) is 5.54. The fraction of sp³-hybridized carbons (Fsp3) is 0.174. The summed E-state index contributed by atoms with van der Waals surface area (Å²) in [6, 6.07) is 18.0. The van der Waals surface area contributed by atoms with Crippen LogP contribution in [0.5, 0.6) is 0 Å². The highest BCUT2D eigenvalue weighted by molar-refractivity contribution is 5.94. The number of ether oxygens (including phenoxy) is 1. The van der Waals surface area contributed by atoms with Crippen LogP contribution in [0.15, 0.2) is 66.7 Å². The molecule has 1 atom stereocenters. The third kappa shape index (κ3) is 4.21. The molecule has 1 aliphatic heterocycles. The third-order valence-corrected chi connectivity index (χ3v) is 5.01. The number of nitrogens with two attached hydrogens (primary N) is 1. The van der Waals surface area contributed by atoms with E-state index in [9.17, 15) is 14.0 Å². The Labute approximate surface area is 173 Å². The molecule has 0 unspecified atom stereocenters. The highest BCUT2D eigenvalue weighted by atomic mass is 19.1. The van der Waals surface area contributed by atoms with Crippen molar-refractivity contribution in [1.82, 2.24) is 9.88 Å². The number of carbonyl (C=O) groups is 2. The monoisotopic (exact) mass is 405 g/mol. The number of halogens is 1. The first-order valence-corrected chi connectivity index (χ1v) is 9.55. The summed E-state index contributed by atoms with van der Waals surface area (Å²) < 4.78 is 19.0. The van der Waals surface area contributed by atoms with Gasteiger partial charge in [-0.3, -0.25) is 9.59 Å².